The zero-order chi connectivity index (χ0) is 10.1. The Morgan fingerprint density at radius 1 is 1.43 bits per heavy atom. The summed E-state index contributed by atoms with van der Waals surface area (Å²) in [5, 5.41) is 9.31. The van der Waals surface area contributed by atoms with Crippen LogP contribution in [-0.2, 0) is 17.8 Å². The summed E-state index contributed by atoms with van der Waals surface area (Å²) in [6, 6.07) is 5.37. The van der Waals surface area contributed by atoms with Gasteiger partial charge in [0.2, 0.25) is 5.91 Å². The van der Waals surface area contributed by atoms with Crippen LogP contribution in [0.3, 0.4) is 0 Å². The van der Waals surface area contributed by atoms with E-state index in [1.807, 2.05) is 6.07 Å². The van der Waals surface area contributed by atoms with E-state index in [-0.39, 0.29) is 11.7 Å². The van der Waals surface area contributed by atoms with E-state index in [1.165, 1.54) is 5.56 Å². The summed E-state index contributed by atoms with van der Waals surface area (Å²) in [6.45, 7) is 2.99. The number of fused-ring (bicyclic) bond motifs is 1. The van der Waals surface area contributed by atoms with Crippen LogP contribution < -0.4 is 0 Å². The molecule has 0 saturated carbocycles. The molecule has 0 radical (unpaired) electrons. The Bertz CT molecular complexity index is 374. The number of amides is 1. The first-order valence-corrected chi connectivity index (χ1v) is 4.73. The van der Waals surface area contributed by atoms with Gasteiger partial charge in [-0.25, -0.2) is 0 Å². The van der Waals surface area contributed by atoms with Gasteiger partial charge >= 0.3 is 0 Å². The SMILES string of the molecule is CC(=O)N1CCc2ccc(O)cc2C1. The maximum atomic E-state index is 11.2. The highest BCUT2D eigenvalue weighted by atomic mass is 16.3. The van der Waals surface area contributed by atoms with Gasteiger partial charge in [0.05, 0.1) is 0 Å². The van der Waals surface area contributed by atoms with E-state index in [2.05, 4.69) is 0 Å². The first-order valence-electron chi connectivity index (χ1n) is 4.73. The molecule has 2 rings (SSSR count). The van der Waals surface area contributed by atoms with E-state index < -0.39 is 0 Å². The molecule has 0 bridgehead atoms. The van der Waals surface area contributed by atoms with Crippen LogP contribution in [0.1, 0.15) is 18.1 Å². The molecular weight excluding hydrogens is 178 g/mol. The molecule has 14 heavy (non-hydrogen) atoms. The molecule has 1 aliphatic rings. The molecule has 0 fully saturated rings. The number of hydrogen-bond donors (Lipinski definition) is 1. The zero-order valence-electron chi connectivity index (χ0n) is 8.16. The molecule has 1 aromatic carbocycles. The largest absolute Gasteiger partial charge is 0.508 e. The average molecular weight is 191 g/mol. The van der Waals surface area contributed by atoms with Gasteiger partial charge in [0, 0.05) is 20.0 Å². The molecule has 0 atom stereocenters. The third-order valence-electron chi connectivity index (χ3n) is 2.65. The molecule has 1 aromatic rings. The monoisotopic (exact) mass is 191 g/mol. The highest BCUT2D eigenvalue weighted by Crippen LogP contribution is 2.22. The van der Waals surface area contributed by atoms with E-state index in [1.54, 1.807) is 24.0 Å². The maximum Gasteiger partial charge on any atom is 0.219 e. The van der Waals surface area contributed by atoms with Gasteiger partial charge in [0.25, 0.3) is 0 Å². The van der Waals surface area contributed by atoms with E-state index in [0.717, 1.165) is 18.5 Å². The minimum atomic E-state index is 0.0963. The Morgan fingerprint density at radius 3 is 2.93 bits per heavy atom. The van der Waals surface area contributed by atoms with Crippen molar-refractivity contribution in [2.45, 2.75) is 19.9 Å². The van der Waals surface area contributed by atoms with Crippen molar-refractivity contribution >= 4 is 5.91 Å². The maximum absolute atomic E-state index is 11.2. The summed E-state index contributed by atoms with van der Waals surface area (Å²) in [5.41, 5.74) is 2.30. The summed E-state index contributed by atoms with van der Waals surface area (Å²) in [6.07, 6.45) is 0.884. The fourth-order valence-electron chi connectivity index (χ4n) is 1.81. The van der Waals surface area contributed by atoms with E-state index in [9.17, 15) is 9.90 Å². The van der Waals surface area contributed by atoms with Crippen molar-refractivity contribution in [2.75, 3.05) is 6.54 Å². The molecule has 1 heterocycles. The number of aromatic hydroxyl groups is 1. The predicted molar refractivity (Wildman–Crippen MR) is 52.9 cm³/mol. The third-order valence-corrected chi connectivity index (χ3v) is 2.65. The third kappa shape index (κ3) is 1.58. The second-order valence-electron chi connectivity index (χ2n) is 3.64. The standard InChI is InChI=1S/C11H13NO2/c1-8(13)12-5-4-9-2-3-11(14)6-10(9)7-12/h2-3,6,14H,4-5,7H2,1H3. The number of rotatable bonds is 0. The van der Waals surface area contributed by atoms with Crippen LogP contribution in [0.2, 0.25) is 0 Å². The highest BCUT2D eigenvalue weighted by molar-refractivity contribution is 5.73. The van der Waals surface area contributed by atoms with Crippen LogP contribution in [-0.4, -0.2) is 22.5 Å². The van der Waals surface area contributed by atoms with Crippen molar-refractivity contribution < 1.29 is 9.90 Å². The van der Waals surface area contributed by atoms with Gasteiger partial charge in [0.1, 0.15) is 5.75 Å². The molecule has 0 saturated heterocycles. The number of nitrogens with zero attached hydrogens (tertiary/aromatic N) is 1. The van der Waals surface area contributed by atoms with Gasteiger partial charge in [0.15, 0.2) is 0 Å². The lowest BCUT2D eigenvalue weighted by Crippen LogP contribution is -2.34. The molecule has 0 unspecified atom stereocenters. The van der Waals surface area contributed by atoms with Gasteiger partial charge in [-0.3, -0.25) is 4.79 Å². The van der Waals surface area contributed by atoms with Crippen molar-refractivity contribution in [3.8, 4) is 5.75 Å². The lowest BCUT2D eigenvalue weighted by molar-refractivity contribution is -0.129. The summed E-state index contributed by atoms with van der Waals surface area (Å²) < 4.78 is 0. The number of hydrogen-bond acceptors (Lipinski definition) is 2. The van der Waals surface area contributed by atoms with Gasteiger partial charge < -0.3 is 10.0 Å². The van der Waals surface area contributed by atoms with Crippen LogP contribution in [0.4, 0.5) is 0 Å². The van der Waals surface area contributed by atoms with Crippen LogP contribution in [0.15, 0.2) is 18.2 Å². The molecule has 3 nitrogen and oxygen atoms in total. The summed E-state index contributed by atoms with van der Waals surface area (Å²) in [5.74, 6) is 0.369. The first kappa shape index (κ1) is 9.06. The average Bonchev–Trinajstić information content (AvgIpc) is 2.16. The minimum Gasteiger partial charge on any atom is -0.508 e. The zero-order valence-corrected chi connectivity index (χ0v) is 8.16. The van der Waals surface area contributed by atoms with E-state index in [0.29, 0.717) is 6.54 Å². The minimum absolute atomic E-state index is 0.0963. The van der Waals surface area contributed by atoms with Gasteiger partial charge in [-0.2, -0.15) is 0 Å². The fraction of sp³-hybridized carbons (Fsp3) is 0.364. The Labute approximate surface area is 83.0 Å². The van der Waals surface area contributed by atoms with Gasteiger partial charge in [-0.05, 0) is 29.7 Å². The second kappa shape index (κ2) is 3.33. The molecule has 74 valence electrons. The molecule has 0 spiro atoms. The Balaban J connectivity index is 2.29. The number of phenolic OH excluding ortho intramolecular Hbond substituents is 1. The van der Waals surface area contributed by atoms with Gasteiger partial charge in [-0.1, -0.05) is 6.07 Å². The number of carbonyl (C=O) groups is 1. The molecule has 1 amide bonds. The Hall–Kier alpha value is -1.51. The summed E-state index contributed by atoms with van der Waals surface area (Å²) in [4.78, 5) is 13.0. The lowest BCUT2D eigenvalue weighted by Gasteiger charge is -2.27. The van der Waals surface area contributed by atoms with Crippen LogP contribution in [0, 0.1) is 0 Å². The van der Waals surface area contributed by atoms with E-state index >= 15 is 0 Å². The lowest BCUT2D eigenvalue weighted by atomic mass is 9.99. The highest BCUT2D eigenvalue weighted by Gasteiger charge is 2.17. The molecular formula is C11H13NO2. The summed E-state index contributed by atoms with van der Waals surface area (Å²) >= 11 is 0. The quantitative estimate of drug-likeness (QED) is 0.671. The van der Waals surface area contributed by atoms with Crippen molar-refractivity contribution in [1.82, 2.24) is 4.90 Å². The normalized spacial score (nSPS) is 15.1. The molecule has 0 aliphatic carbocycles. The number of benzene rings is 1. The smallest absolute Gasteiger partial charge is 0.219 e. The summed E-state index contributed by atoms with van der Waals surface area (Å²) in [7, 11) is 0. The molecule has 1 N–H and O–H groups in total. The van der Waals surface area contributed by atoms with Crippen molar-refractivity contribution in [3.63, 3.8) is 0 Å². The topological polar surface area (TPSA) is 40.5 Å². The van der Waals surface area contributed by atoms with Crippen LogP contribution in [0.5, 0.6) is 5.75 Å². The predicted octanol–water partition coefficient (Wildman–Crippen LogP) is 1.30. The van der Waals surface area contributed by atoms with Crippen molar-refractivity contribution in [2.24, 2.45) is 0 Å². The molecule has 1 aliphatic heterocycles. The second-order valence-corrected chi connectivity index (χ2v) is 3.64. The van der Waals surface area contributed by atoms with Gasteiger partial charge in [-0.15, -0.1) is 0 Å². The molecule has 0 aromatic heterocycles. The molecule has 3 heteroatoms. The van der Waals surface area contributed by atoms with Crippen LogP contribution >= 0.6 is 0 Å². The van der Waals surface area contributed by atoms with E-state index in [4.69, 9.17) is 0 Å². The van der Waals surface area contributed by atoms with Crippen molar-refractivity contribution in [1.29, 1.82) is 0 Å². The van der Waals surface area contributed by atoms with Crippen molar-refractivity contribution in [3.05, 3.63) is 29.3 Å². The number of phenols is 1. The van der Waals surface area contributed by atoms with Crippen LogP contribution in [0.25, 0.3) is 0 Å². The fourth-order valence-corrected chi connectivity index (χ4v) is 1.81. The number of carbonyl (C=O) groups excluding carboxylic acids is 1. The Kier molecular flexibility index (Phi) is 2.15. The Morgan fingerprint density at radius 2 is 2.21 bits per heavy atom. The first-order chi connectivity index (χ1) is 6.66.